The minimum atomic E-state index is -3.59. The summed E-state index contributed by atoms with van der Waals surface area (Å²) in [6.45, 7) is 0.940. The van der Waals surface area contributed by atoms with Crippen molar-refractivity contribution in [3.63, 3.8) is 0 Å². The van der Waals surface area contributed by atoms with Crippen molar-refractivity contribution in [3.8, 4) is 0 Å². The first-order valence-corrected chi connectivity index (χ1v) is 8.50. The number of hydrogen-bond donors (Lipinski definition) is 4. The summed E-state index contributed by atoms with van der Waals surface area (Å²) < 4.78 is 32.3. The minimum Gasteiger partial charge on any atom is -0.377 e. The Morgan fingerprint density at radius 2 is 1.96 bits per heavy atom. The molecule has 10 heteroatoms. The Morgan fingerprint density at radius 3 is 2.52 bits per heavy atom. The van der Waals surface area contributed by atoms with E-state index >= 15 is 0 Å². The molecule has 7 N–H and O–H groups in total. The molecule has 126 valence electrons. The third-order valence-electron chi connectivity index (χ3n) is 3.16. The predicted molar refractivity (Wildman–Crippen MR) is 87.7 cm³/mol. The number of guanidine groups is 2. The smallest absolute Gasteiger partial charge is 0.240 e. The van der Waals surface area contributed by atoms with Gasteiger partial charge >= 0.3 is 0 Å². The predicted octanol–water partition coefficient (Wildman–Crippen LogP) is -0.636. The molecule has 0 radical (unpaired) electrons. The summed E-state index contributed by atoms with van der Waals surface area (Å²) in [5.41, 5.74) is 16.3. The monoisotopic (exact) mass is 340 g/mol. The van der Waals surface area contributed by atoms with Crippen LogP contribution >= 0.6 is 0 Å². The second kappa shape index (κ2) is 7.40. The molecule has 0 amide bonds. The second-order valence-corrected chi connectivity index (χ2v) is 6.75. The van der Waals surface area contributed by atoms with Crippen LogP contribution in [-0.4, -0.2) is 39.6 Å². The molecule has 1 heterocycles. The third kappa shape index (κ3) is 5.20. The Balaban J connectivity index is 2.04. The topological polar surface area (TPSA) is 158 Å². The molecule has 0 saturated carbocycles. The number of hydrogen-bond acceptors (Lipinski definition) is 4. The van der Waals surface area contributed by atoms with Crippen LogP contribution in [0.25, 0.3) is 0 Å². The van der Waals surface area contributed by atoms with E-state index in [1.807, 2.05) is 0 Å². The van der Waals surface area contributed by atoms with Gasteiger partial charge in [-0.1, -0.05) is 0 Å². The van der Waals surface area contributed by atoms with Crippen molar-refractivity contribution in [1.29, 1.82) is 0 Å². The molecular weight excluding hydrogens is 320 g/mol. The van der Waals surface area contributed by atoms with Gasteiger partial charge in [0.15, 0.2) is 5.96 Å². The van der Waals surface area contributed by atoms with Crippen molar-refractivity contribution >= 4 is 27.6 Å². The normalized spacial score (nSPS) is 18.8. The van der Waals surface area contributed by atoms with Gasteiger partial charge in [0.1, 0.15) is 0 Å². The Hall–Kier alpha value is -2.17. The van der Waals surface area contributed by atoms with Gasteiger partial charge in [0.05, 0.1) is 16.7 Å². The number of benzene rings is 1. The molecule has 0 bridgehead atoms. The SMILES string of the molecule is NC(N)=NC(N)=Nc1ccc(S(=O)(=O)NCC2CCCO2)cc1. The summed E-state index contributed by atoms with van der Waals surface area (Å²) in [6.07, 6.45) is 1.75. The minimum absolute atomic E-state index is 0.0620. The lowest BCUT2D eigenvalue weighted by molar-refractivity contribution is 0.114. The highest BCUT2D eigenvalue weighted by molar-refractivity contribution is 7.89. The maximum Gasteiger partial charge on any atom is 0.240 e. The van der Waals surface area contributed by atoms with Gasteiger partial charge in [0, 0.05) is 13.2 Å². The number of rotatable bonds is 5. The average molecular weight is 340 g/mol. The van der Waals surface area contributed by atoms with Gasteiger partial charge in [-0.05, 0) is 37.1 Å². The summed E-state index contributed by atoms with van der Waals surface area (Å²) >= 11 is 0. The molecule has 1 atom stereocenters. The van der Waals surface area contributed by atoms with Crippen molar-refractivity contribution in [2.75, 3.05) is 13.2 Å². The van der Waals surface area contributed by atoms with Crippen molar-refractivity contribution in [3.05, 3.63) is 24.3 Å². The standard InChI is InChI=1S/C13H20N6O3S/c14-12(15)19-13(16)18-9-3-5-11(6-4-9)23(20,21)17-8-10-2-1-7-22-10/h3-6,10,17H,1-2,7-8H2,(H6,14,15,16,18,19). The fraction of sp³-hybridized carbons (Fsp3) is 0.385. The lowest BCUT2D eigenvalue weighted by Gasteiger charge is -2.11. The molecule has 23 heavy (non-hydrogen) atoms. The lowest BCUT2D eigenvalue weighted by Crippen LogP contribution is -2.31. The number of sulfonamides is 1. The van der Waals surface area contributed by atoms with Crippen LogP contribution in [0.1, 0.15) is 12.8 Å². The van der Waals surface area contributed by atoms with E-state index in [2.05, 4.69) is 14.7 Å². The highest BCUT2D eigenvalue weighted by Crippen LogP contribution is 2.17. The van der Waals surface area contributed by atoms with Gasteiger partial charge in [-0.25, -0.2) is 18.1 Å². The van der Waals surface area contributed by atoms with E-state index in [1.54, 1.807) is 0 Å². The van der Waals surface area contributed by atoms with E-state index in [-0.39, 0.29) is 29.5 Å². The lowest BCUT2D eigenvalue weighted by atomic mass is 10.2. The van der Waals surface area contributed by atoms with E-state index in [0.717, 1.165) is 12.8 Å². The Kier molecular flexibility index (Phi) is 5.53. The first-order valence-electron chi connectivity index (χ1n) is 7.02. The van der Waals surface area contributed by atoms with Crippen LogP contribution < -0.4 is 21.9 Å². The first-order chi connectivity index (χ1) is 10.9. The van der Waals surface area contributed by atoms with E-state index in [4.69, 9.17) is 21.9 Å². The van der Waals surface area contributed by atoms with Crippen LogP contribution in [0.4, 0.5) is 5.69 Å². The number of nitrogens with zero attached hydrogens (tertiary/aromatic N) is 2. The molecule has 1 unspecified atom stereocenters. The molecule has 1 aliphatic rings. The van der Waals surface area contributed by atoms with Crippen molar-refractivity contribution in [1.82, 2.24) is 4.72 Å². The molecule has 1 aromatic rings. The summed E-state index contributed by atoms with van der Waals surface area (Å²) in [5.74, 6) is -0.319. The van der Waals surface area contributed by atoms with Crippen LogP contribution in [-0.2, 0) is 14.8 Å². The van der Waals surface area contributed by atoms with E-state index < -0.39 is 10.0 Å². The fourth-order valence-corrected chi connectivity index (χ4v) is 3.15. The zero-order valence-electron chi connectivity index (χ0n) is 12.5. The van der Waals surface area contributed by atoms with Crippen LogP contribution in [0.2, 0.25) is 0 Å². The molecule has 0 aromatic heterocycles. The quantitative estimate of drug-likeness (QED) is 0.412. The van der Waals surface area contributed by atoms with Crippen molar-refractivity contribution in [2.45, 2.75) is 23.8 Å². The summed E-state index contributed by atoms with van der Waals surface area (Å²) in [7, 11) is -3.59. The maximum absolute atomic E-state index is 12.2. The molecule has 0 spiro atoms. The molecule has 1 fully saturated rings. The zero-order valence-corrected chi connectivity index (χ0v) is 13.3. The zero-order chi connectivity index (χ0) is 16.9. The first kappa shape index (κ1) is 17.2. The van der Waals surface area contributed by atoms with Gasteiger partial charge < -0.3 is 21.9 Å². The summed E-state index contributed by atoms with van der Waals surface area (Å²) in [5, 5.41) is 0. The Morgan fingerprint density at radius 1 is 1.26 bits per heavy atom. The summed E-state index contributed by atoms with van der Waals surface area (Å²) in [6, 6.07) is 5.88. The van der Waals surface area contributed by atoms with E-state index in [9.17, 15) is 8.42 Å². The van der Waals surface area contributed by atoms with Gasteiger partial charge in [-0.3, -0.25) is 0 Å². The fourth-order valence-electron chi connectivity index (χ4n) is 2.08. The molecule has 1 aliphatic heterocycles. The van der Waals surface area contributed by atoms with E-state index in [0.29, 0.717) is 12.3 Å². The molecule has 0 aliphatic carbocycles. The maximum atomic E-state index is 12.2. The second-order valence-electron chi connectivity index (χ2n) is 4.99. The van der Waals surface area contributed by atoms with Crippen LogP contribution in [0, 0.1) is 0 Å². The van der Waals surface area contributed by atoms with Gasteiger partial charge in [-0.2, -0.15) is 4.99 Å². The molecule has 1 saturated heterocycles. The molecule has 1 aromatic carbocycles. The van der Waals surface area contributed by atoms with Gasteiger partial charge in [-0.15, -0.1) is 0 Å². The summed E-state index contributed by atoms with van der Waals surface area (Å²) in [4.78, 5) is 7.65. The number of ether oxygens (including phenoxy) is 1. The van der Waals surface area contributed by atoms with Crippen LogP contribution in [0.3, 0.4) is 0 Å². The highest BCUT2D eigenvalue weighted by Gasteiger charge is 2.20. The van der Waals surface area contributed by atoms with Crippen LogP contribution in [0.5, 0.6) is 0 Å². The largest absolute Gasteiger partial charge is 0.377 e. The molecule has 9 nitrogen and oxygen atoms in total. The Labute approximate surface area is 134 Å². The third-order valence-corrected chi connectivity index (χ3v) is 4.60. The van der Waals surface area contributed by atoms with Gasteiger partial charge in [0.25, 0.3) is 0 Å². The van der Waals surface area contributed by atoms with Crippen LogP contribution in [0.15, 0.2) is 39.1 Å². The Bertz CT molecular complexity index is 689. The van der Waals surface area contributed by atoms with Gasteiger partial charge in [0.2, 0.25) is 16.0 Å². The average Bonchev–Trinajstić information content (AvgIpc) is 2.98. The molecular formula is C13H20N6O3S. The number of nitrogens with two attached hydrogens (primary N) is 3. The molecule has 2 rings (SSSR count). The van der Waals surface area contributed by atoms with Crippen molar-refractivity contribution in [2.24, 2.45) is 27.2 Å². The highest BCUT2D eigenvalue weighted by atomic mass is 32.2. The number of aliphatic imine (C=N–C) groups is 2. The van der Waals surface area contributed by atoms with Crippen molar-refractivity contribution < 1.29 is 13.2 Å². The number of nitrogens with one attached hydrogen (secondary N) is 1. The van der Waals surface area contributed by atoms with E-state index in [1.165, 1.54) is 24.3 Å².